The molecule has 0 aliphatic carbocycles. The first-order valence-corrected chi connectivity index (χ1v) is 12.1. The summed E-state index contributed by atoms with van der Waals surface area (Å²) in [4.78, 5) is 17.3. The molecule has 0 bridgehead atoms. The van der Waals surface area contributed by atoms with Crippen molar-refractivity contribution in [3.8, 4) is 10.6 Å². The van der Waals surface area contributed by atoms with Crippen LogP contribution in [0.2, 0.25) is 0 Å². The lowest BCUT2D eigenvalue weighted by Gasteiger charge is -2.14. The maximum atomic E-state index is 12.6. The van der Waals surface area contributed by atoms with Crippen LogP contribution in [0.15, 0.2) is 58.8 Å². The van der Waals surface area contributed by atoms with Gasteiger partial charge in [0.2, 0.25) is 0 Å². The Morgan fingerprint density at radius 2 is 1.55 bits per heavy atom. The van der Waals surface area contributed by atoms with E-state index in [-0.39, 0.29) is 16.8 Å². The Morgan fingerprint density at radius 1 is 0.966 bits per heavy atom. The van der Waals surface area contributed by atoms with Gasteiger partial charge in [0.25, 0.3) is 5.91 Å². The van der Waals surface area contributed by atoms with Crippen molar-refractivity contribution < 1.29 is 13.2 Å². The predicted octanol–water partition coefficient (Wildman–Crippen LogP) is 4.83. The first-order chi connectivity index (χ1) is 13.6. The zero-order chi connectivity index (χ0) is 21.2. The van der Waals surface area contributed by atoms with Crippen molar-refractivity contribution in [2.75, 3.05) is 6.26 Å². The molecular formula is C22H24N2O3S2. The number of aromatic nitrogens is 1. The molecule has 29 heavy (non-hydrogen) atoms. The van der Waals surface area contributed by atoms with Crippen molar-refractivity contribution in [2.45, 2.75) is 37.6 Å². The lowest BCUT2D eigenvalue weighted by molar-refractivity contribution is 0.0935. The maximum Gasteiger partial charge on any atom is 0.271 e. The third-order valence-electron chi connectivity index (χ3n) is 4.72. The smallest absolute Gasteiger partial charge is 0.271 e. The van der Waals surface area contributed by atoms with Crippen LogP contribution in [0, 0.1) is 0 Å². The highest BCUT2D eigenvalue weighted by molar-refractivity contribution is 7.90. The SMILES string of the molecule is CC(C)c1ccc(-c2nc(C(=O)NC(C)c3ccc(S(C)(=O)=O)cc3)cs2)cc1. The molecule has 1 unspecified atom stereocenters. The lowest BCUT2D eigenvalue weighted by atomic mass is 10.0. The summed E-state index contributed by atoms with van der Waals surface area (Å²) in [5.74, 6) is 0.209. The number of carbonyl (C=O) groups excluding carboxylic acids is 1. The molecular weight excluding hydrogens is 404 g/mol. The monoisotopic (exact) mass is 428 g/mol. The van der Waals surface area contributed by atoms with Gasteiger partial charge in [-0.2, -0.15) is 0 Å². The van der Waals surface area contributed by atoms with E-state index >= 15 is 0 Å². The summed E-state index contributed by atoms with van der Waals surface area (Å²) in [6, 6.07) is 14.5. The second-order valence-corrected chi connectivity index (χ2v) is 10.2. The summed E-state index contributed by atoms with van der Waals surface area (Å²) in [6.45, 7) is 6.15. The number of hydrogen-bond donors (Lipinski definition) is 1. The molecule has 152 valence electrons. The molecule has 7 heteroatoms. The van der Waals surface area contributed by atoms with Crippen LogP contribution < -0.4 is 5.32 Å². The Hall–Kier alpha value is -2.51. The molecule has 0 saturated heterocycles. The van der Waals surface area contributed by atoms with Gasteiger partial charge < -0.3 is 5.32 Å². The van der Waals surface area contributed by atoms with Crippen LogP contribution in [0.1, 0.15) is 54.3 Å². The number of nitrogens with zero attached hydrogens (tertiary/aromatic N) is 1. The first-order valence-electron chi connectivity index (χ1n) is 9.32. The fourth-order valence-corrected chi connectivity index (χ4v) is 4.32. The van der Waals surface area contributed by atoms with E-state index in [9.17, 15) is 13.2 Å². The Labute approximate surface area is 175 Å². The van der Waals surface area contributed by atoms with Gasteiger partial charge in [0.1, 0.15) is 10.7 Å². The number of nitrogens with one attached hydrogen (secondary N) is 1. The minimum atomic E-state index is -3.24. The van der Waals surface area contributed by atoms with E-state index in [1.54, 1.807) is 29.6 Å². The second kappa shape index (κ2) is 8.47. The third-order valence-corrected chi connectivity index (χ3v) is 6.74. The molecule has 3 aromatic rings. The van der Waals surface area contributed by atoms with Crippen molar-refractivity contribution in [1.29, 1.82) is 0 Å². The quantitative estimate of drug-likeness (QED) is 0.610. The average molecular weight is 429 g/mol. The molecule has 1 aromatic heterocycles. The average Bonchev–Trinajstić information content (AvgIpc) is 3.18. The van der Waals surface area contributed by atoms with Crippen LogP contribution in [0.25, 0.3) is 10.6 Å². The Balaban J connectivity index is 1.69. The molecule has 0 aliphatic rings. The van der Waals surface area contributed by atoms with Crippen molar-refractivity contribution in [3.05, 3.63) is 70.7 Å². The number of rotatable bonds is 6. The molecule has 3 rings (SSSR count). The zero-order valence-electron chi connectivity index (χ0n) is 16.8. The van der Waals surface area contributed by atoms with Gasteiger partial charge in [0.15, 0.2) is 9.84 Å². The Bertz CT molecular complexity index is 1100. The molecule has 1 heterocycles. The third kappa shape index (κ3) is 5.10. The molecule has 2 aromatic carbocycles. The first kappa shape index (κ1) is 21.2. The number of hydrogen-bond acceptors (Lipinski definition) is 5. The highest BCUT2D eigenvalue weighted by Crippen LogP contribution is 2.26. The molecule has 0 spiro atoms. The highest BCUT2D eigenvalue weighted by Gasteiger charge is 2.16. The number of benzene rings is 2. The van der Waals surface area contributed by atoms with E-state index in [0.717, 1.165) is 16.1 Å². The van der Waals surface area contributed by atoms with Crippen LogP contribution in [0.4, 0.5) is 0 Å². The molecule has 1 amide bonds. The molecule has 0 fully saturated rings. The predicted molar refractivity (Wildman–Crippen MR) is 117 cm³/mol. The highest BCUT2D eigenvalue weighted by atomic mass is 32.2. The summed E-state index contributed by atoms with van der Waals surface area (Å²) >= 11 is 1.43. The van der Waals surface area contributed by atoms with E-state index < -0.39 is 9.84 Å². The summed E-state index contributed by atoms with van der Waals surface area (Å²) in [5.41, 5.74) is 3.45. The normalized spacial score (nSPS) is 12.7. The largest absolute Gasteiger partial charge is 0.344 e. The molecule has 1 N–H and O–H groups in total. The van der Waals surface area contributed by atoms with Crippen molar-refractivity contribution >= 4 is 27.1 Å². The molecule has 0 radical (unpaired) electrons. The summed E-state index contributed by atoms with van der Waals surface area (Å²) in [6.07, 6.45) is 1.17. The van der Waals surface area contributed by atoms with E-state index in [1.807, 2.05) is 19.1 Å². The van der Waals surface area contributed by atoms with Gasteiger partial charge in [-0.1, -0.05) is 50.2 Å². The van der Waals surface area contributed by atoms with Gasteiger partial charge in [0.05, 0.1) is 10.9 Å². The summed E-state index contributed by atoms with van der Waals surface area (Å²) in [5, 5.41) is 5.47. The number of carbonyl (C=O) groups is 1. The van der Waals surface area contributed by atoms with Crippen molar-refractivity contribution in [3.63, 3.8) is 0 Å². The minimum absolute atomic E-state index is 0.257. The Morgan fingerprint density at radius 3 is 2.10 bits per heavy atom. The number of sulfone groups is 1. The van der Waals surface area contributed by atoms with Crippen LogP contribution in [-0.4, -0.2) is 25.6 Å². The van der Waals surface area contributed by atoms with Gasteiger partial charge in [0, 0.05) is 17.2 Å². The van der Waals surface area contributed by atoms with Gasteiger partial charge in [-0.15, -0.1) is 11.3 Å². The van der Waals surface area contributed by atoms with Crippen LogP contribution in [-0.2, 0) is 9.84 Å². The van der Waals surface area contributed by atoms with Crippen molar-refractivity contribution in [2.24, 2.45) is 0 Å². The minimum Gasteiger partial charge on any atom is -0.344 e. The van der Waals surface area contributed by atoms with Crippen LogP contribution >= 0.6 is 11.3 Å². The fourth-order valence-electron chi connectivity index (χ4n) is 2.88. The van der Waals surface area contributed by atoms with Crippen LogP contribution in [0.3, 0.4) is 0 Å². The van der Waals surface area contributed by atoms with Gasteiger partial charge >= 0.3 is 0 Å². The number of amides is 1. The van der Waals surface area contributed by atoms with E-state index in [1.165, 1.54) is 23.2 Å². The molecule has 0 saturated carbocycles. The van der Waals surface area contributed by atoms with Gasteiger partial charge in [-0.25, -0.2) is 13.4 Å². The molecule has 0 aliphatic heterocycles. The topological polar surface area (TPSA) is 76.1 Å². The zero-order valence-corrected chi connectivity index (χ0v) is 18.5. The van der Waals surface area contributed by atoms with Crippen molar-refractivity contribution in [1.82, 2.24) is 10.3 Å². The standard InChI is InChI=1S/C22H24N2O3S2/c1-14(2)16-5-7-18(8-6-16)22-24-20(13-28-22)21(25)23-15(3)17-9-11-19(12-10-17)29(4,26)27/h5-15H,1-4H3,(H,23,25). The second-order valence-electron chi connectivity index (χ2n) is 7.35. The molecule has 5 nitrogen and oxygen atoms in total. The van der Waals surface area contributed by atoms with Gasteiger partial charge in [-0.3, -0.25) is 4.79 Å². The summed E-state index contributed by atoms with van der Waals surface area (Å²) in [7, 11) is -3.24. The Kier molecular flexibility index (Phi) is 6.19. The fraction of sp³-hybridized carbons (Fsp3) is 0.273. The molecule has 1 atom stereocenters. The number of thiazole rings is 1. The van der Waals surface area contributed by atoms with Crippen LogP contribution in [0.5, 0.6) is 0 Å². The van der Waals surface area contributed by atoms with E-state index in [2.05, 4.69) is 36.3 Å². The lowest BCUT2D eigenvalue weighted by Crippen LogP contribution is -2.26. The van der Waals surface area contributed by atoms with Gasteiger partial charge in [-0.05, 0) is 36.1 Å². The summed E-state index contributed by atoms with van der Waals surface area (Å²) < 4.78 is 23.1. The maximum absolute atomic E-state index is 12.6. The van der Waals surface area contributed by atoms with E-state index in [4.69, 9.17) is 0 Å². The van der Waals surface area contributed by atoms with E-state index in [0.29, 0.717) is 11.6 Å².